The van der Waals surface area contributed by atoms with E-state index in [1.165, 1.54) is 17.5 Å². The van der Waals surface area contributed by atoms with E-state index in [1.54, 1.807) is 7.11 Å². The summed E-state index contributed by atoms with van der Waals surface area (Å²) in [5.74, 6) is 1.51. The number of rotatable bonds is 2. The molecule has 0 amide bonds. The van der Waals surface area contributed by atoms with E-state index in [1.807, 2.05) is 0 Å². The Hall–Kier alpha value is -1.06. The summed E-state index contributed by atoms with van der Waals surface area (Å²) in [4.78, 5) is 2.49. The maximum Gasteiger partial charge on any atom is 0.119 e. The fourth-order valence-corrected chi connectivity index (χ4v) is 4.16. The zero-order chi connectivity index (χ0) is 13.6. The van der Waals surface area contributed by atoms with Crippen LogP contribution in [0.4, 0.5) is 0 Å². The SMILES string of the molecule is COc1ccc2c(c1)[C@@]1(C)CCN(C)C(C2)[C@@H]1CN. The third-order valence-electron chi connectivity index (χ3n) is 5.45. The van der Waals surface area contributed by atoms with Crippen LogP contribution in [0, 0.1) is 5.92 Å². The average Bonchev–Trinajstić information content (AvgIpc) is 2.43. The van der Waals surface area contributed by atoms with Crippen LogP contribution in [-0.2, 0) is 11.8 Å². The first kappa shape index (κ1) is 12.9. The lowest BCUT2D eigenvalue weighted by Crippen LogP contribution is -2.59. The molecule has 2 bridgehead atoms. The van der Waals surface area contributed by atoms with Gasteiger partial charge in [0.05, 0.1) is 7.11 Å². The first-order chi connectivity index (χ1) is 9.10. The van der Waals surface area contributed by atoms with E-state index in [-0.39, 0.29) is 5.41 Å². The van der Waals surface area contributed by atoms with Gasteiger partial charge in [-0.3, -0.25) is 0 Å². The minimum atomic E-state index is 0.202. The Balaban J connectivity index is 2.13. The largest absolute Gasteiger partial charge is 0.497 e. The Morgan fingerprint density at radius 3 is 2.95 bits per heavy atom. The number of ether oxygens (including phenoxy) is 1. The quantitative estimate of drug-likeness (QED) is 0.881. The van der Waals surface area contributed by atoms with Crippen molar-refractivity contribution in [2.45, 2.75) is 31.2 Å². The van der Waals surface area contributed by atoms with Crippen LogP contribution in [0.5, 0.6) is 5.75 Å². The molecule has 1 aliphatic heterocycles. The number of nitrogens with two attached hydrogens (primary N) is 1. The lowest BCUT2D eigenvalue weighted by molar-refractivity contribution is 0.0448. The van der Waals surface area contributed by atoms with E-state index < -0.39 is 0 Å². The summed E-state index contributed by atoms with van der Waals surface area (Å²) in [6.07, 6.45) is 2.30. The highest BCUT2D eigenvalue weighted by Crippen LogP contribution is 2.48. The molecule has 2 aliphatic rings. The average molecular weight is 260 g/mol. The van der Waals surface area contributed by atoms with E-state index >= 15 is 0 Å². The summed E-state index contributed by atoms with van der Waals surface area (Å²) >= 11 is 0. The van der Waals surface area contributed by atoms with E-state index in [4.69, 9.17) is 10.5 Å². The van der Waals surface area contributed by atoms with Crippen LogP contribution in [0.3, 0.4) is 0 Å². The third kappa shape index (κ3) is 1.79. The Kier molecular flexibility index (Phi) is 3.06. The number of methoxy groups -OCH3 is 1. The molecule has 1 unspecified atom stereocenters. The smallest absolute Gasteiger partial charge is 0.119 e. The lowest BCUT2D eigenvalue weighted by atomic mass is 9.58. The minimum absolute atomic E-state index is 0.202. The molecule has 3 nitrogen and oxygen atoms in total. The second kappa shape index (κ2) is 4.50. The Morgan fingerprint density at radius 1 is 1.47 bits per heavy atom. The Morgan fingerprint density at radius 2 is 2.26 bits per heavy atom. The zero-order valence-corrected chi connectivity index (χ0v) is 12.1. The molecule has 19 heavy (non-hydrogen) atoms. The van der Waals surface area contributed by atoms with E-state index in [0.717, 1.165) is 25.3 Å². The molecule has 1 aromatic rings. The number of hydrogen-bond donors (Lipinski definition) is 1. The van der Waals surface area contributed by atoms with Crippen LogP contribution in [0.15, 0.2) is 18.2 Å². The molecule has 0 radical (unpaired) electrons. The number of benzene rings is 1. The van der Waals surface area contributed by atoms with Gasteiger partial charge in [-0.05, 0) is 67.6 Å². The summed E-state index contributed by atoms with van der Waals surface area (Å²) in [5.41, 5.74) is 9.25. The van der Waals surface area contributed by atoms with Gasteiger partial charge in [0.1, 0.15) is 5.75 Å². The molecule has 0 saturated carbocycles. The fourth-order valence-electron chi connectivity index (χ4n) is 4.16. The first-order valence-electron chi connectivity index (χ1n) is 7.18. The van der Waals surface area contributed by atoms with Crippen molar-refractivity contribution in [2.75, 3.05) is 27.2 Å². The number of likely N-dealkylation sites (tertiary alicyclic amines) is 1. The monoisotopic (exact) mass is 260 g/mol. The molecule has 2 N–H and O–H groups in total. The molecule has 3 rings (SSSR count). The van der Waals surface area contributed by atoms with Gasteiger partial charge in [0.25, 0.3) is 0 Å². The van der Waals surface area contributed by atoms with Crippen LogP contribution in [-0.4, -0.2) is 38.2 Å². The minimum Gasteiger partial charge on any atom is -0.497 e. The van der Waals surface area contributed by atoms with E-state index in [2.05, 4.69) is 37.1 Å². The Labute approximate surface area is 115 Å². The van der Waals surface area contributed by atoms with E-state index in [0.29, 0.717) is 12.0 Å². The summed E-state index contributed by atoms with van der Waals surface area (Å²) in [7, 11) is 3.98. The molecule has 1 aliphatic carbocycles. The predicted octanol–water partition coefficient (Wildman–Crippen LogP) is 1.79. The van der Waals surface area contributed by atoms with Crippen molar-refractivity contribution >= 4 is 0 Å². The van der Waals surface area contributed by atoms with Gasteiger partial charge >= 0.3 is 0 Å². The van der Waals surface area contributed by atoms with E-state index in [9.17, 15) is 0 Å². The van der Waals surface area contributed by atoms with Crippen molar-refractivity contribution in [3.8, 4) is 5.75 Å². The summed E-state index contributed by atoms with van der Waals surface area (Å²) in [5, 5.41) is 0. The standard InChI is InChI=1S/C16H24N2O/c1-16-6-7-18(2)15(14(16)10-17)8-11-4-5-12(19-3)9-13(11)16/h4-5,9,14-15H,6-8,10,17H2,1-3H3/t14-,15?,16+/m0/s1. The molecule has 3 heteroatoms. The molecule has 1 saturated heterocycles. The zero-order valence-electron chi connectivity index (χ0n) is 12.1. The van der Waals surface area contributed by atoms with Crippen molar-refractivity contribution < 1.29 is 4.74 Å². The fraction of sp³-hybridized carbons (Fsp3) is 0.625. The van der Waals surface area contributed by atoms with Crippen molar-refractivity contribution in [3.63, 3.8) is 0 Å². The second-order valence-corrected chi connectivity index (χ2v) is 6.28. The van der Waals surface area contributed by atoms with Crippen LogP contribution < -0.4 is 10.5 Å². The second-order valence-electron chi connectivity index (χ2n) is 6.28. The summed E-state index contributed by atoms with van der Waals surface area (Å²) in [6, 6.07) is 7.15. The number of likely N-dealkylation sites (N-methyl/N-ethyl adjacent to an activating group) is 1. The molecular formula is C16H24N2O. The maximum atomic E-state index is 6.11. The number of hydrogen-bond acceptors (Lipinski definition) is 3. The van der Waals surface area contributed by atoms with Gasteiger partial charge in [0, 0.05) is 6.04 Å². The maximum absolute atomic E-state index is 6.11. The molecule has 1 fully saturated rings. The molecule has 104 valence electrons. The van der Waals surface area contributed by atoms with Gasteiger partial charge in [0.15, 0.2) is 0 Å². The van der Waals surface area contributed by atoms with Crippen LogP contribution in [0.25, 0.3) is 0 Å². The highest BCUT2D eigenvalue weighted by molar-refractivity contribution is 5.44. The van der Waals surface area contributed by atoms with Crippen LogP contribution in [0.2, 0.25) is 0 Å². The normalized spacial score (nSPS) is 33.9. The molecular weight excluding hydrogens is 236 g/mol. The summed E-state index contributed by atoms with van der Waals surface area (Å²) in [6.45, 7) is 4.32. The molecule has 3 atom stereocenters. The van der Waals surface area contributed by atoms with Crippen molar-refractivity contribution in [3.05, 3.63) is 29.3 Å². The number of fused-ring (bicyclic) bond motifs is 4. The third-order valence-corrected chi connectivity index (χ3v) is 5.45. The van der Waals surface area contributed by atoms with Gasteiger partial charge in [0.2, 0.25) is 0 Å². The van der Waals surface area contributed by atoms with Crippen molar-refractivity contribution in [2.24, 2.45) is 11.7 Å². The van der Waals surface area contributed by atoms with Gasteiger partial charge in [-0.2, -0.15) is 0 Å². The van der Waals surface area contributed by atoms with Crippen molar-refractivity contribution in [1.29, 1.82) is 0 Å². The highest BCUT2D eigenvalue weighted by Gasteiger charge is 2.49. The first-order valence-corrected chi connectivity index (χ1v) is 7.18. The highest BCUT2D eigenvalue weighted by atomic mass is 16.5. The van der Waals surface area contributed by atoms with Gasteiger partial charge in [-0.25, -0.2) is 0 Å². The van der Waals surface area contributed by atoms with Gasteiger partial charge < -0.3 is 15.4 Å². The molecule has 1 aromatic carbocycles. The molecule has 1 heterocycles. The molecule has 0 spiro atoms. The van der Waals surface area contributed by atoms with Gasteiger partial charge in [-0.15, -0.1) is 0 Å². The Bertz CT molecular complexity index is 488. The van der Waals surface area contributed by atoms with Crippen LogP contribution in [0.1, 0.15) is 24.5 Å². The van der Waals surface area contributed by atoms with Crippen molar-refractivity contribution in [1.82, 2.24) is 4.90 Å². The topological polar surface area (TPSA) is 38.5 Å². The number of piperidine rings is 1. The lowest BCUT2D eigenvalue weighted by Gasteiger charge is -2.54. The predicted molar refractivity (Wildman–Crippen MR) is 77.6 cm³/mol. The van der Waals surface area contributed by atoms with Gasteiger partial charge in [-0.1, -0.05) is 13.0 Å². The number of nitrogens with zero attached hydrogens (tertiary/aromatic N) is 1. The summed E-state index contributed by atoms with van der Waals surface area (Å²) < 4.78 is 5.41. The molecule has 0 aromatic heterocycles. The van der Waals surface area contributed by atoms with Crippen LogP contribution >= 0.6 is 0 Å².